The summed E-state index contributed by atoms with van der Waals surface area (Å²) in [6.45, 7) is 8.62. The minimum atomic E-state index is -0.730. The average Bonchev–Trinajstić information content (AvgIpc) is 3.41. The average molecular weight is 479 g/mol. The Morgan fingerprint density at radius 3 is 2.54 bits per heavy atom. The molecule has 3 aromatic heterocycles. The molecule has 1 aromatic carbocycles. The number of hydrogen-bond acceptors (Lipinski definition) is 6. The smallest absolute Gasteiger partial charge is 0.299 e. The second-order valence-corrected chi connectivity index (χ2v) is 9.84. The Morgan fingerprint density at radius 2 is 1.86 bits per heavy atom. The molecule has 0 radical (unpaired) electrons. The van der Waals surface area contributed by atoms with Gasteiger partial charge in [-0.15, -0.1) is 0 Å². The summed E-state index contributed by atoms with van der Waals surface area (Å²) in [4.78, 5) is 20.3. The zero-order chi connectivity index (χ0) is 25.0. The van der Waals surface area contributed by atoms with Crippen molar-refractivity contribution < 1.29 is 18.3 Å². The van der Waals surface area contributed by atoms with Gasteiger partial charge in [0.05, 0.1) is 11.9 Å². The van der Waals surface area contributed by atoms with Crippen LogP contribution in [0.15, 0.2) is 42.9 Å². The lowest BCUT2D eigenvalue weighted by atomic mass is 9.82. The van der Waals surface area contributed by atoms with Crippen molar-refractivity contribution in [2.24, 2.45) is 0 Å². The molecule has 0 saturated heterocycles. The van der Waals surface area contributed by atoms with Crippen molar-refractivity contribution in [2.45, 2.75) is 45.2 Å². The number of rotatable bonds is 5. The molecule has 0 unspecified atom stereocenters. The Morgan fingerprint density at radius 1 is 1.11 bits per heavy atom. The van der Waals surface area contributed by atoms with Crippen LogP contribution in [0.25, 0.3) is 33.7 Å². The number of aromatic nitrogens is 5. The first-order chi connectivity index (χ1) is 16.6. The number of imidazole rings is 1. The Labute approximate surface area is 200 Å². The lowest BCUT2D eigenvalue weighted by molar-refractivity contribution is -0.120. The molecule has 8 nitrogen and oxygen atoms in total. The first-order valence-electron chi connectivity index (χ1n) is 11.1. The number of carbonyl (C=O) groups is 1. The summed E-state index contributed by atoms with van der Waals surface area (Å²) in [5, 5.41) is 9.93. The molecule has 2 N–H and O–H groups in total. The molecule has 10 heteroatoms. The van der Waals surface area contributed by atoms with Crippen LogP contribution >= 0.6 is 0 Å². The summed E-state index contributed by atoms with van der Waals surface area (Å²) in [5.74, 6) is -1.26. The maximum Gasteiger partial charge on any atom is 0.299 e. The van der Waals surface area contributed by atoms with Gasteiger partial charge in [0.15, 0.2) is 0 Å². The maximum absolute atomic E-state index is 15.2. The van der Waals surface area contributed by atoms with Crippen LogP contribution in [0.1, 0.15) is 39.8 Å². The van der Waals surface area contributed by atoms with Crippen LogP contribution in [0.5, 0.6) is 5.88 Å². The van der Waals surface area contributed by atoms with Crippen molar-refractivity contribution in [3.8, 4) is 28.3 Å². The first-order valence-corrected chi connectivity index (χ1v) is 11.1. The van der Waals surface area contributed by atoms with Gasteiger partial charge in [-0.05, 0) is 57.9 Å². The molecule has 0 spiro atoms. The van der Waals surface area contributed by atoms with E-state index in [9.17, 15) is 9.18 Å². The number of halogens is 2. The third-order valence-electron chi connectivity index (χ3n) is 5.89. The van der Waals surface area contributed by atoms with Gasteiger partial charge in [-0.1, -0.05) is 6.08 Å². The predicted molar refractivity (Wildman–Crippen MR) is 127 cm³/mol. The van der Waals surface area contributed by atoms with Gasteiger partial charge in [0, 0.05) is 40.2 Å². The topological polar surface area (TPSA) is 97.2 Å². The quantitative estimate of drug-likeness (QED) is 0.409. The van der Waals surface area contributed by atoms with Crippen molar-refractivity contribution >= 4 is 17.8 Å². The number of ether oxygens (including phenoxy) is 1. The molecule has 0 aliphatic carbocycles. The number of H-pyrrole nitrogens is 1. The van der Waals surface area contributed by atoms with Crippen LogP contribution < -0.4 is 10.1 Å². The van der Waals surface area contributed by atoms with E-state index in [-0.39, 0.29) is 46.0 Å². The minimum Gasteiger partial charge on any atom is -0.409 e. The van der Waals surface area contributed by atoms with Crippen molar-refractivity contribution in [3.63, 3.8) is 0 Å². The number of benzene rings is 1. The minimum absolute atomic E-state index is 0.0307. The van der Waals surface area contributed by atoms with Gasteiger partial charge in [-0.2, -0.15) is 5.10 Å². The van der Waals surface area contributed by atoms with E-state index in [4.69, 9.17) is 4.74 Å². The molecule has 4 heterocycles. The molecule has 4 aromatic rings. The highest BCUT2D eigenvalue weighted by Crippen LogP contribution is 2.37. The second kappa shape index (κ2) is 8.09. The fraction of sp³-hybridized carbons (Fsp3) is 0.280. The Balaban J connectivity index is 1.64. The molecular formula is C25H24F2N6O2. The van der Waals surface area contributed by atoms with Crippen LogP contribution in [-0.2, 0) is 4.79 Å². The number of aromatic amines is 1. The van der Waals surface area contributed by atoms with E-state index in [0.717, 1.165) is 24.1 Å². The number of fused-ring (bicyclic) bond motifs is 1. The van der Waals surface area contributed by atoms with Gasteiger partial charge in [0.25, 0.3) is 6.47 Å². The van der Waals surface area contributed by atoms with Crippen molar-refractivity contribution in [2.75, 3.05) is 0 Å². The zero-order valence-corrected chi connectivity index (χ0v) is 19.7. The van der Waals surface area contributed by atoms with Crippen LogP contribution in [0.2, 0.25) is 0 Å². The first kappa shape index (κ1) is 22.9. The molecule has 1 aliphatic heterocycles. The molecule has 0 fully saturated rings. The molecule has 5 rings (SSSR count). The highest BCUT2D eigenvalue weighted by molar-refractivity contribution is 5.75. The third-order valence-corrected chi connectivity index (χ3v) is 5.89. The van der Waals surface area contributed by atoms with E-state index in [1.165, 1.54) is 16.8 Å². The number of hydrogen-bond donors (Lipinski definition) is 2. The highest BCUT2D eigenvalue weighted by atomic mass is 19.1. The lowest BCUT2D eigenvalue weighted by Crippen LogP contribution is -2.53. The van der Waals surface area contributed by atoms with Crippen molar-refractivity contribution in [3.05, 3.63) is 60.2 Å². The van der Waals surface area contributed by atoms with Crippen LogP contribution in [0.3, 0.4) is 0 Å². The Bertz CT molecular complexity index is 1470. The molecule has 0 bridgehead atoms. The molecule has 1 aliphatic rings. The van der Waals surface area contributed by atoms with Gasteiger partial charge >= 0.3 is 0 Å². The summed E-state index contributed by atoms with van der Waals surface area (Å²) < 4.78 is 36.7. The second-order valence-electron chi connectivity index (χ2n) is 9.84. The van der Waals surface area contributed by atoms with E-state index < -0.39 is 11.6 Å². The maximum atomic E-state index is 15.2. The van der Waals surface area contributed by atoms with E-state index in [1.807, 2.05) is 0 Å². The molecule has 35 heavy (non-hydrogen) atoms. The predicted octanol–water partition coefficient (Wildman–Crippen LogP) is 4.53. The van der Waals surface area contributed by atoms with Crippen molar-refractivity contribution in [1.29, 1.82) is 0 Å². The number of nitrogens with zero attached hydrogens (tertiary/aromatic N) is 4. The van der Waals surface area contributed by atoms with Crippen LogP contribution in [0, 0.1) is 11.6 Å². The lowest BCUT2D eigenvalue weighted by Gasteiger charge is -2.41. The Hall–Kier alpha value is -3.92. The number of nitrogens with one attached hydrogen (secondary N) is 2. The summed E-state index contributed by atoms with van der Waals surface area (Å²) in [7, 11) is 0. The normalized spacial score (nSPS) is 16.8. The zero-order valence-electron chi connectivity index (χ0n) is 19.7. The Kier molecular flexibility index (Phi) is 5.28. The fourth-order valence-corrected chi connectivity index (χ4v) is 4.85. The third kappa shape index (κ3) is 4.21. The number of carbonyl (C=O) groups excluding carboxylic acids is 1. The SMILES string of the molecule is CC1(C)C=C(c2ccn3c(OC=O)c(-c4cc(F)c(-c5cn[nH]c5)cc4F)nc3n2)CC(C)(C)N1. The van der Waals surface area contributed by atoms with Gasteiger partial charge in [-0.3, -0.25) is 14.3 Å². The molecule has 0 amide bonds. The largest absolute Gasteiger partial charge is 0.409 e. The van der Waals surface area contributed by atoms with Gasteiger partial charge in [0.1, 0.15) is 17.3 Å². The van der Waals surface area contributed by atoms with E-state index in [2.05, 4.69) is 59.3 Å². The molecule has 180 valence electrons. The van der Waals surface area contributed by atoms with E-state index in [1.54, 1.807) is 12.3 Å². The molecule has 0 saturated carbocycles. The monoisotopic (exact) mass is 478 g/mol. The van der Waals surface area contributed by atoms with Gasteiger partial charge < -0.3 is 10.1 Å². The molecule has 0 atom stereocenters. The van der Waals surface area contributed by atoms with Gasteiger partial charge in [-0.25, -0.2) is 18.7 Å². The van der Waals surface area contributed by atoms with Gasteiger partial charge in [0.2, 0.25) is 11.7 Å². The fourth-order valence-electron chi connectivity index (χ4n) is 4.85. The van der Waals surface area contributed by atoms with Crippen LogP contribution in [-0.4, -0.2) is 42.1 Å². The summed E-state index contributed by atoms with van der Waals surface area (Å²) in [5.41, 5.74) is 1.62. The van der Waals surface area contributed by atoms with Crippen LogP contribution in [0.4, 0.5) is 8.78 Å². The summed E-state index contributed by atoms with van der Waals surface area (Å²) in [6, 6.07) is 3.88. The van der Waals surface area contributed by atoms with E-state index in [0.29, 0.717) is 11.3 Å². The standard InChI is InChI=1S/C25H24F2N6O2/c1-24(2)9-14(10-25(3,4)32-24)20-5-6-33-22(35-13-34)21(31-23(33)30-20)17-8-18(26)16(7-19(17)27)15-11-28-29-12-15/h5-9,11-13,32H,10H2,1-4H3,(H,28,29). The summed E-state index contributed by atoms with van der Waals surface area (Å²) in [6.07, 6.45) is 7.37. The van der Waals surface area contributed by atoms with Crippen molar-refractivity contribution in [1.82, 2.24) is 29.9 Å². The summed E-state index contributed by atoms with van der Waals surface area (Å²) >= 11 is 0. The highest BCUT2D eigenvalue weighted by Gasteiger charge is 2.33. The molecular weight excluding hydrogens is 454 g/mol. The van der Waals surface area contributed by atoms with E-state index >= 15 is 4.39 Å².